The molecule has 4 heteroatoms. The van der Waals surface area contributed by atoms with Crippen LogP contribution in [0.15, 0.2) is 54.4 Å². The third kappa shape index (κ3) is 3.56. The maximum Gasteiger partial charge on any atom is 0.115 e. The van der Waals surface area contributed by atoms with Crippen LogP contribution in [0.5, 0.6) is 5.75 Å². The molecule has 3 atom stereocenters. The molecule has 0 saturated carbocycles. The van der Waals surface area contributed by atoms with E-state index in [0.717, 1.165) is 25.2 Å². The summed E-state index contributed by atoms with van der Waals surface area (Å²) in [5.41, 5.74) is 1.16. The number of benzene rings is 1. The molecule has 1 aliphatic rings. The molecule has 1 saturated heterocycles. The number of hydrogen-bond acceptors (Lipinski definition) is 4. The molecule has 3 nitrogen and oxygen atoms in total. The molecule has 1 unspecified atom stereocenters. The third-order valence-electron chi connectivity index (χ3n) is 4.86. The highest BCUT2D eigenvalue weighted by molar-refractivity contribution is 7.10. The molecule has 1 aromatic heterocycles. The molecule has 1 N–H and O–H groups in total. The Morgan fingerprint density at radius 3 is 2.75 bits per heavy atom. The zero-order valence-corrected chi connectivity index (χ0v) is 15.2. The van der Waals surface area contributed by atoms with Crippen molar-refractivity contribution in [2.75, 3.05) is 19.6 Å². The number of thiophene rings is 1. The van der Waals surface area contributed by atoms with E-state index in [1.54, 1.807) is 17.4 Å². The van der Waals surface area contributed by atoms with Gasteiger partial charge in [0.2, 0.25) is 0 Å². The monoisotopic (exact) mass is 342 g/mol. The van der Waals surface area contributed by atoms with Gasteiger partial charge in [0.05, 0.1) is 6.04 Å². The van der Waals surface area contributed by atoms with Crippen LogP contribution in [0.3, 0.4) is 0 Å². The summed E-state index contributed by atoms with van der Waals surface area (Å²) in [4.78, 5) is 6.39. The van der Waals surface area contributed by atoms with E-state index in [2.05, 4.69) is 53.8 Å². The van der Waals surface area contributed by atoms with Crippen LogP contribution in [0.4, 0.5) is 0 Å². The highest BCUT2D eigenvalue weighted by atomic mass is 32.1. The minimum absolute atomic E-state index is 0.195. The molecule has 1 aliphatic heterocycles. The van der Waals surface area contributed by atoms with Crippen LogP contribution in [0.25, 0.3) is 0 Å². The standard InChI is InChI=1S/C20H26N2OS/c1-4-10-21-13-16(3)22(14-15(21)2)20(19-9-6-11-24-19)17-7-5-8-18(23)12-17/h4-9,11-12,15-16,20,23H,1,10,13-14H2,2-3H3/t15-,16-,20?/m1/s1. The minimum Gasteiger partial charge on any atom is -0.508 e. The number of piperazine rings is 1. The predicted octanol–water partition coefficient (Wildman–Crippen LogP) is 4.12. The van der Waals surface area contributed by atoms with E-state index in [1.165, 1.54) is 4.88 Å². The second kappa shape index (κ2) is 7.51. The Bertz CT molecular complexity index is 670. The lowest BCUT2D eigenvalue weighted by Crippen LogP contribution is -2.57. The molecule has 24 heavy (non-hydrogen) atoms. The Morgan fingerprint density at radius 2 is 2.08 bits per heavy atom. The van der Waals surface area contributed by atoms with Gasteiger partial charge in [-0.2, -0.15) is 0 Å². The van der Waals surface area contributed by atoms with Crippen molar-refractivity contribution < 1.29 is 5.11 Å². The SMILES string of the molecule is C=CCN1C[C@@H](C)N(C(c2cccc(O)c2)c2cccs2)C[C@H]1C. The Balaban J connectivity index is 1.93. The second-order valence-corrected chi connectivity index (χ2v) is 7.63. The summed E-state index contributed by atoms with van der Waals surface area (Å²) < 4.78 is 0. The van der Waals surface area contributed by atoms with Gasteiger partial charge in [-0.25, -0.2) is 0 Å². The fourth-order valence-corrected chi connectivity index (χ4v) is 4.54. The largest absolute Gasteiger partial charge is 0.508 e. The number of phenols is 1. The minimum atomic E-state index is 0.195. The Morgan fingerprint density at radius 1 is 1.25 bits per heavy atom. The van der Waals surface area contributed by atoms with Crippen LogP contribution in [0.2, 0.25) is 0 Å². The lowest BCUT2D eigenvalue weighted by molar-refractivity contribution is 0.0315. The maximum atomic E-state index is 9.95. The maximum absolute atomic E-state index is 9.95. The van der Waals surface area contributed by atoms with Crippen LogP contribution in [-0.4, -0.2) is 46.6 Å². The fourth-order valence-electron chi connectivity index (χ4n) is 3.67. The van der Waals surface area contributed by atoms with E-state index < -0.39 is 0 Å². The topological polar surface area (TPSA) is 26.7 Å². The number of phenolic OH excluding ortho intramolecular Hbond substituents is 1. The van der Waals surface area contributed by atoms with Gasteiger partial charge < -0.3 is 5.11 Å². The molecule has 0 amide bonds. The normalized spacial score (nSPS) is 23.9. The molecule has 2 heterocycles. The van der Waals surface area contributed by atoms with Crippen molar-refractivity contribution in [3.8, 4) is 5.75 Å². The average Bonchev–Trinajstić information content (AvgIpc) is 3.06. The molecule has 0 aliphatic carbocycles. The van der Waals surface area contributed by atoms with Crippen LogP contribution in [0.1, 0.15) is 30.3 Å². The van der Waals surface area contributed by atoms with Gasteiger partial charge >= 0.3 is 0 Å². The van der Waals surface area contributed by atoms with Crippen molar-refractivity contribution in [1.82, 2.24) is 9.80 Å². The van der Waals surface area contributed by atoms with Crippen molar-refractivity contribution in [2.24, 2.45) is 0 Å². The summed E-state index contributed by atoms with van der Waals surface area (Å²) >= 11 is 1.79. The molecular weight excluding hydrogens is 316 g/mol. The Labute approximate surface area is 148 Å². The van der Waals surface area contributed by atoms with E-state index in [1.807, 2.05) is 18.2 Å². The summed E-state index contributed by atoms with van der Waals surface area (Å²) in [6.07, 6.45) is 1.99. The lowest BCUT2D eigenvalue weighted by atomic mass is 9.98. The predicted molar refractivity (Wildman–Crippen MR) is 102 cm³/mol. The van der Waals surface area contributed by atoms with Gasteiger partial charge in [-0.05, 0) is 43.0 Å². The molecule has 1 aromatic carbocycles. The molecule has 0 spiro atoms. The highest BCUT2D eigenvalue weighted by Crippen LogP contribution is 2.36. The van der Waals surface area contributed by atoms with E-state index in [4.69, 9.17) is 0 Å². The summed E-state index contributed by atoms with van der Waals surface area (Å²) in [6.45, 7) is 11.5. The van der Waals surface area contributed by atoms with Crippen LogP contribution in [0, 0.1) is 0 Å². The van der Waals surface area contributed by atoms with Crippen molar-refractivity contribution in [1.29, 1.82) is 0 Å². The number of nitrogens with zero attached hydrogens (tertiary/aromatic N) is 2. The summed E-state index contributed by atoms with van der Waals surface area (Å²) in [6, 6.07) is 13.1. The van der Waals surface area contributed by atoms with Gasteiger partial charge in [-0.15, -0.1) is 17.9 Å². The van der Waals surface area contributed by atoms with Crippen LogP contribution >= 0.6 is 11.3 Å². The first-order chi connectivity index (χ1) is 11.6. The van der Waals surface area contributed by atoms with Crippen molar-refractivity contribution in [3.63, 3.8) is 0 Å². The van der Waals surface area contributed by atoms with Gasteiger partial charge in [-0.3, -0.25) is 9.80 Å². The molecular formula is C20H26N2OS. The molecule has 0 bridgehead atoms. The van der Waals surface area contributed by atoms with E-state index in [-0.39, 0.29) is 6.04 Å². The average molecular weight is 343 g/mol. The number of hydrogen-bond donors (Lipinski definition) is 1. The van der Waals surface area contributed by atoms with Gasteiger partial charge in [0.15, 0.2) is 0 Å². The molecule has 3 rings (SSSR count). The summed E-state index contributed by atoms with van der Waals surface area (Å²) in [5.74, 6) is 0.333. The molecule has 128 valence electrons. The van der Waals surface area contributed by atoms with Gasteiger partial charge in [0.25, 0.3) is 0 Å². The molecule has 1 fully saturated rings. The van der Waals surface area contributed by atoms with E-state index in [0.29, 0.717) is 17.8 Å². The zero-order chi connectivity index (χ0) is 17.1. The highest BCUT2D eigenvalue weighted by Gasteiger charge is 2.34. The van der Waals surface area contributed by atoms with E-state index in [9.17, 15) is 5.11 Å². The lowest BCUT2D eigenvalue weighted by Gasteiger charge is -2.47. The van der Waals surface area contributed by atoms with E-state index >= 15 is 0 Å². The second-order valence-electron chi connectivity index (χ2n) is 6.65. The first-order valence-electron chi connectivity index (χ1n) is 8.53. The molecule has 2 aromatic rings. The van der Waals surface area contributed by atoms with Gasteiger partial charge in [0, 0.05) is 36.6 Å². The fraction of sp³-hybridized carbons (Fsp3) is 0.400. The van der Waals surface area contributed by atoms with Crippen molar-refractivity contribution in [2.45, 2.75) is 32.0 Å². The van der Waals surface area contributed by atoms with Crippen molar-refractivity contribution in [3.05, 3.63) is 64.9 Å². The molecule has 0 radical (unpaired) electrons. The first-order valence-corrected chi connectivity index (χ1v) is 9.41. The number of rotatable bonds is 5. The quantitative estimate of drug-likeness (QED) is 0.828. The van der Waals surface area contributed by atoms with Crippen molar-refractivity contribution >= 4 is 11.3 Å². The van der Waals surface area contributed by atoms with Gasteiger partial charge in [0.1, 0.15) is 5.75 Å². The van der Waals surface area contributed by atoms with Crippen LogP contribution < -0.4 is 0 Å². The Hall–Kier alpha value is -1.62. The zero-order valence-electron chi connectivity index (χ0n) is 14.4. The number of aromatic hydroxyl groups is 1. The third-order valence-corrected chi connectivity index (χ3v) is 5.78. The van der Waals surface area contributed by atoms with Gasteiger partial charge in [-0.1, -0.05) is 24.3 Å². The Kier molecular flexibility index (Phi) is 5.39. The summed E-state index contributed by atoms with van der Waals surface area (Å²) in [5, 5.41) is 12.1. The first kappa shape index (κ1) is 17.2. The van der Waals surface area contributed by atoms with Crippen LogP contribution in [-0.2, 0) is 0 Å². The smallest absolute Gasteiger partial charge is 0.115 e. The summed E-state index contributed by atoms with van der Waals surface area (Å²) in [7, 11) is 0.